The molecule has 6 heteroatoms. The molecule has 98 valence electrons. The highest BCUT2D eigenvalue weighted by atomic mass is 32.2. The molecule has 0 saturated heterocycles. The molecule has 4 nitrogen and oxygen atoms in total. The quantitative estimate of drug-likeness (QED) is 0.883. The fourth-order valence-electron chi connectivity index (χ4n) is 1.37. The molecule has 1 heterocycles. The maximum absolute atomic E-state index is 12.6. The van der Waals surface area contributed by atoms with E-state index < -0.39 is 16.8 Å². The second-order valence-electron chi connectivity index (χ2n) is 3.29. The number of hydrogen-bond donors (Lipinski definition) is 1. The van der Waals surface area contributed by atoms with Crippen LogP contribution in [0.4, 0.5) is 4.39 Å². The van der Waals surface area contributed by atoms with Crippen LogP contribution < -0.4 is 5.14 Å². The Morgan fingerprint density at radius 3 is 2.35 bits per heavy atom. The van der Waals surface area contributed by atoms with Crippen LogP contribution in [0.3, 0.4) is 0 Å². The summed E-state index contributed by atoms with van der Waals surface area (Å²) in [5.74, 6) is 0.306. The van der Waals surface area contributed by atoms with Gasteiger partial charge in [0.15, 0.2) is 5.82 Å². The molecule has 1 aromatic rings. The van der Waals surface area contributed by atoms with Gasteiger partial charge in [-0.2, -0.15) is 0 Å². The fraction of sp³-hybridized carbons (Fsp3) is 0.636. The Labute approximate surface area is 104 Å². The highest BCUT2D eigenvalue weighted by Crippen LogP contribution is 2.17. The molecular weight excluding hydrogens is 241 g/mol. The van der Waals surface area contributed by atoms with Gasteiger partial charge >= 0.3 is 0 Å². The van der Waals surface area contributed by atoms with Crippen LogP contribution in [0.2, 0.25) is 0 Å². The van der Waals surface area contributed by atoms with Gasteiger partial charge in [-0.15, -0.1) is 0 Å². The minimum Gasteiger partial charge on any atom is -0.252 e. The first-order chi connectivity index (χ1) is 8.13. The van der Waals surface area contributed by atoms with Crippen molar-refractivity contribution in [1.29, 1.82) is 0 Å². The average molecular weight is 261 g/mol. The monoisotopic (exact) mass is 261 g/mol. The molecule has 0 fully saturated rings. The van der Waals surface area contributed by atoms with Gasteiger partial charge in [0.05, 0.1) is 23.4 Å². The van der Waals surface area contributed by atoms with Gasteiger partial charge < -0.3 is 0 Å². The van der Waals surface area contributed by atoms with Crippen molar-refractivity contribution in [2.75, 3.05) is 5.75 Å². The topological polar surface area (TPSA) is 68.9 Å². The van der Waals surface area contributed by atoms with Gasteiger partial charge in [-0.25, -0.2) is 18.6 Å². The molecule has 2 N–H and O–H groups in total. The smallest absolute Gasteiger partial charge is 0.159 e. The van der Waals surface area contributed by atoms with E-state index in [1.807, 2.05) is 20.8 Å². The lowest BCUT2D eigenvalue weighted by Crippen LogP contribution is -2.17. The molecule has 0 aromatic carbocycles. The highest BCUT2D eigenvalue weighted by Gasteiger charge is 2.15. The summed E-state index contributed by atoms with van der Waals surface area (Å²) in [7, 11) is -1.38. The second kappa shape index (κ2) is 9.18. The van der Waals surface area contributed by atoms with Crippen molar-refractivity contribution >= 4 is 11.0 Å². The Hall–Kier alpha value is -0.880. The number of hydrogen-bond acceptors (Lipinski definition) is 3. The Bertz CT molecular complexity index is 332. The number of nitrogens with two attached hydrogens (primary N) is 1. The number of rotatable bonds is 5. The maximum Gasteiger partial charge on any atom is 0.159 e. The van der Waals surface area contributed by atoms with E-state index >= 15 is 0 Å². The van der Waals surface area contributed by atoms with E-state index in [9.17, 15) is 8.60 Å². The molecule has 0 aliphatic heterocycles. The summed E-state index contributed by atoms with van der Waals surface area (Å²) in [5, 5.41) is 5.23. The van der Waals surface area contributed by atoms with Crippen molar-refractivity contribution in [2.24, 2.45) is 5.14 Å². The largest absolute Gasteiger partial charge is 0.252 e. The average Bonchev–Trinajstić information content (AvgIpc) is 2.31. The predicted octanol–water partition coefficient (Wildman–Crippen LogP) is 2.15. The standard InChI is InChI=1S/C9H14FN3OS.C2H6/c1-2-3-7(6-15(11)14)9-12-4-8(10)5-13-9;1-2/h4-5,7H,2-3,6,11H2,1H3;1-2H3. The summed E-state index contributed by atoms with van der Waals surface area (Å²) in [6.45, 7) is 6.01. The van der Waals surface area contributed by atoms with E-state index in [4.69, 9.17) is 5.14 Å². The number of aromatic nitrogens is 2. The first-order valence-electron chi connectivity index (χ1n) is 5.73. The van der Waals surface area contributed by atoms with Gasteiger partial charge in [0.25, 0.3) is 0 Å². The minimum absolute atomic E-state index is 0.0542. The maximum atomic E-state index is 12.6. The molecule has 0 bridgehead atoms. The van der Waals surface area contributed by atoms with E-state index in [-0.39, 0.29) is 5.92 Å². The van der Waals surface area contributed by atoms with Crippen LogP contribution in [0, 0.1) is 5.82 Å². The SMILES string of the molecule is CC.CCCC(CS(N)=O)c1ncc(F)cn1. The first kappa shape index (κ1) is 16.1. The lowest BCUT2D eigenvalue weighted by atomic mass is 10.1. The van der Waals surface area contributed by atoms with Crippen molar-refractivity contribution in [3.63, 3.8) is 0 Å². The van der Waals surface area contributed by atoms with Crippen LogP contribution in [-0.4, -0.2) is 19.9 Å². The van der Waals surface area contributed by atoms with Gasteiger partial charge in [-0.1, -0.05) is 27.2 Å². The van der Waals surface area contributed by atoms with Crippen molar-refractivity contribution in [3.05, 3.63) is 24.0 Å². The fourth-order valence-corrected chi connectivity index (χ4v) is 2.08. The van der Waals surface area contributed by atoms with E-state index in [2.05, 4.69) is 9.97 Å². The molecule has 1 aromatic heterocycles. The second-order valence-corrected chi connectivity index (χ2v) is 4.39. The van der Waals surface area contributed by atoms with Gasteiger partial charge in [0.2, 0.25) is 0 Å². The van der Waals surface area contributed by atoms with E-state index in [0.717, 1.165) is 25.2 Å². The summed E-state index contributed by atoms with van der Waals surface area (Å²) in [6.07, 6.45) is 3.95. The van der Waals surface area contributed by atoms with Crippen molar-refractivity contribution in [2.45, 2.75) is 39.5 Å². The Balaban J connectivity index is 0.00000121. The predicted molar refractivity (Wildman–Crippen MR) is 68.2 cm³/mol. The van der Waals surface area contributed by atoms with Gasteiger partial charge in [0.1, 0.15) is 5.82 Å². The Morgan fingerprint density at radius 2 is 1.94 bits per heavy atom. The first-order valence-corrected chi connectivity index (χ1v) is 7.12. The molecule has 0 radical (unpaired) electrons. The highest BCUT2D eigenvalue weighted by molar-refractivity contribution is 7.82. The van der Waals surface area contributed by atoms with Crippen LogP contribution in [0.5, 0.6) is 0 Å². The normalized spacial score (nSPS) is 13.5. The lowest BCUT2D eigenvalue weighted by molar-refractivity contribution is 0.584. The molecule has 17 heavy (non-hydrogen) atoms. The van der Waals surface area contributed by atoms with Crippen LogP contribution >= 0.6 is 0 Å². The molecule has 0 saturated carbocycles. The lowest BCUT2D eigenvalue weighted by Gasteiger charge is -2.12. The van der Waals surface area contributed by atoms with Gasteiger partial charge in [-0.05, 0) is 6.42 Å². The summed E-state index contributed by atoms with van der Waals surface area (Å²) in [5.41, 5.74) is 0. The van der Waals surface area contributed by atoms with Crippen molar-refractivity contribution in [3.8, 4) is 0 Å². The summed E-state index contributed by atoms with van der Waals surface area (Å²) >= 11 is 0. The van der Waals surface area contributed by atoms with Crippen LogP contribution in [0.25, 0.3) is 0 Å². The molecule has 0 amide bonds. The van der Waals surface area contributed by atoms with Crippen LogP contribution in [0.15, 0.2) is 12.4 Å². The molecule has 2 atom stereocenters. The third-order valence-electron chi connectivity index (χ3n) is 2.01. The van der Waals surface area contributed by atoms with Crippen molar-refractivity contribution in [1.82, 2.24) is 9.97 Å². The van der Waals surface area contributed by atoms with Crippen LogP contribution in [0.1, 0.15) is 45.4 Å². The van der Waals surface area contributed by atoms with E-state index in [0.29, 0.717) is 11.6 Å². The molecule has 0 spiro atoms. The summed E-state index contributed by atoms with van der Waals surface area (Å²) in [6, 6.07) is 0. The van der Waals surface area contributed by atoms with E-state index in [1.165, 1.54) is 0 Å². The zero-order valence-electron chi connectivity index (χ0n) is 10.5. The van der Waals surface area contributed by atoms with Crippen LogP contribution in [-0.2, 0) is 11.0 Å². The molecule has 2 unspecified atom stereocenters. The third-order valence-corrected chi connectivity index (χ3v) is 2.74. The number of nitrogens with zero attached hydrogens (tertiary/aromatic N) is 2. The summed E-state index contributed by atoms with van der Waals surface area (Å²) in [4.78, 5) is 7.75. The Kier molecular flexibility index (Phi) is 8.71. The summed E-state index contributed by atoms with van der Waals surface area (Å²) < 4.78 is 23.5. The van der Waals surface area contributed by atoms with Gasteiger partial charge in [-0.3, -0.25) is 5.14 Å². The molecular formula is C11H20FN3OS. The van der Waals surface area contributed by atoms with E-state index in [1.54, 1.807) is 0 Å². The number of halogens is 1. The molecule has 1 rings (SSSR count). The Morgan fingerprint density at radius 1 is 1.41 bits per heavy atom. The minimum atomic E-state index is -1.38. The zero-order chi connectivity index (χ0) is 13.3. The van der Waals surface area contributed by atoms with Gasteiger partial charge in [0, 0.05) is 11.7 Å². The zero-order valence-corrected chi connectivity index (χ0v) is 11.3. The third kappa shape index (κ3) is 6.43. The van der Waals surface area contributed by atoms with Crippen molar-refractivity contribution < 1.29 is 8.60 Å². The molecule has 0 aliphatic carbocycles. The molecule has 0 aliphatic rings.